The normalized spacial score (nSPS) is 22.8. The Morgan fingerprint density at radius 3 is 2.95 bits per heavy atom. The van der Waals surface area contributed by atoms with Crippen molar-refractivity contribution in [3.8, 4) is 6.07 Å². The lowest BCUT2D eigenvalue weighted by Crippen LogP contribution is -2.24. The molecule has 1 aromatic carbocycles. The Hall–Kier alpha value is -2.02. The summed E-state index contributed by atoms with van der Waals surface area (Å²) in [5.41, 5.74) is 8.73. The van der Waals surface area contributed by atoms with Crippen LogP contribution in [0.15, 0.2) is 18.2 Å². The minimum Gasteiger partial charge on any atom is -0.369 e. The molecule has 1 heterocycles. The average molecular weight is 268 g/mol. The van der Waals surface area contributed by atoms with E-state index in [1.165, 1.54) is 25.7 Å². The Morgan fingerprint density at radius 1 is 1.40 bits per heavy atom. The molecule has 3 rings (SSSR count). The topological polar surface area (TPSA) is 67.6 Å². The Balaban J connectivity index is 2.14. The molecule has 20 heavy (non-hydrogen) atoms. The number of nitrogens with zero attached hydrogens (tertiary/aromatic N) is 3. The van der Waals surface area contributed by atoms with Crippen molar-refractivity contribution in [3.63, 3.8) is 0 Å². The second kappa shape index (κ2) is 5.16. The maximum atomic E-state index is 9.09. The largest absolute Gasteiger partial charge is 0.369 e. The number of benzene rings is 1. The maximum absolute atomic E-state index is 9.09. The third-order valence-electron chi connectivity index (χ3n) is 4.57. The molecule has 1 aliphatic rings. The Morgan fingerprint density at radius 2 is 2.20 bits per heavy atom. The van der Waals surface area contributed by atoms with Crippen LogP contribution in [0.5, 0.6) is 0 Å². The molecular weight excluding hydrogens is 248 g/mol. The number of imidazole rings is 1. The number of nitrogens with two attached hydrogens (primary N) is 1. The maximum Gasteiger partial charge on any atom is 0.201 e. The minimum absolute atomic E-state index is 0.424. The summed E-state index contributed by atoms with van der Waals surface area (Å²) < 4.78 is 2.17. The first-order valence-electron chi connectivity index (χ1n) is 7.42. The predicted octanol–water partition coefficient (Wildman–Crippen LogP) is 3.63. The van der Waals surface area contributed by atoms with Gasteiger partial charge in [-0.2, -0.15) is 5.26 Å². The zero-order valence-electron chi connectivity index (χ0n) is 11.8. The number of anilines is 1. The number of nitrogen functional groups attached to an aromatic ring is 1. The molecule has 1 saturated carbocycles. The summed E-state index contributed by atoms with van der Waals surface area (Å²) in [7, 11) is 0. The van der Waals surface area contributed by atoms with Gasteiger partial charge in [-0.3, -0.25) is 0 Å². The van der Waals surface area contributed by atoms with Crippen molar-refractivity contribution in [1.29, 1.82) is 5.26 Å². The molecule has 1 aliphatic carbocycles. The highest BCUT2D eigenvalue weighted by Gasteiger charge is 2.28. The second-order valence-corrected chi connectivity index (χ2v) is 5.68. The molecule has 0 spiro atoms. The van der Waals surface area contributed by atoms with Crippen LogP contribution in [-0.2, 0) is 0 Å². The van der Waals surface area contributed by atoms with Crippen molar-refractivity contribution in [2.45, 2.75) is 45.1 Å². The van der Waals surface area contributed by atoms with Gasteiger partial charge in [-0.15, -0.1) is 0 Å². The first-order chi connectivity index (χ1) is 9.74. The minimum atomic E-state index is 0.424. The Bertz CT molecular complexity index is 665. The van der Waals surface area contributed by atoms with E-state index < -0.39 is 0 Å². The van der Waals surface area contributed by atoms with Gasteiger partial charge < -0.3 is 10.3 Å². The van der Waals surface area contributed by atoms with Crippen molar-refractivity contribution in [3.05, 3.63) is 23.8 Å². The van der Waals surface area contributed by atoms with Crippen molar-refractivity contribution in [1.82, 2.24) is 9.55 Å². The highest BCUT2D eigenvalue weighted by atomic mass is 15.2. The quantitative estimate of drug-likeness (QED) is 0.904. The van der Waals surface area contributed by atoms with Crippen LogP contribution in [0.2, 0.25) is 0 Å². The summed E-state index contributed by atoms with van der Waals surface area (Å²) in [6.07, 6.45) is 6.15. The second-order valence-electron chi connectivity index (χ2n) is 5.68. The lowest BCUT2D eigenvalue weighted by Gasteiger charge is -2.32. The molecule has 2 N–H and O–H groups in total. The van der Waals surface area contributed by atoms with Crippen molar-refractivity contribution in [2.24, 2.45) is 5.92 Å². The van der Waals surface area contributed by atoms with E-state index in [-0.39, 0.29) is 0 Å². The molecule has 4 nitrogen and oxygen atoms in total. The molecule has 2 atom stereocenters. The number of aromatic nitrogens is 2. The summed E-state index contributed by atoms with van der Waals surface area (Å²) in [6, 6.07) is 8.24. The molecule has 0 radical (unpaired) electrons. The van der Waals surface area contributed by atoms with E-state index in [1.54, 1.807) is 6.07 Å². The van der Waals surface area contributed by atoms with Gasteiger partial charge in [-0.05, 0) is 37.0 Å². The molecule has 2 aromatic rings. The van der Waals surface area contributed by atoms with E-state index in [1.807, 2.05) is 12.1 Å². The van der Waals surface area contributed by atoms with Gasteiger partial charge in [0.25, 0.3) is 0 Å². The standard InChI is InChI=1S/C16H20N4/c1-2-12-5-3-4-6-14(12)20-15-9-11(10-17)7-8-13(15)19-16(20)18/h7-9,12,14H,2-6H2,1H3,(H2,18,19). The Kier molecular flexibility index (Phi) is 3.35. The van der Waals surface area contributed by atoms with Gasteiger partial charge in [0.15, 0.2) is 0 Å². The van der Waals surface area contributed by atoms with E-state index in [2.05, 4.69) is 22.5 Å². The zero-order valence-corrected chi connectivity index (χ0v) is 11.8. The molecule has 4 heteroatoms. The Labute approximate surface area is 119 Å². The predicted molar refractivity (Wildman–Crippen MR) is 80.1 cm³/mol. The number of hydrogen-bond donors (Lipinski definition) is 1. The lowest BCUT2D eigenvalue weighted by atomic mass is 9.82. The summed E-state index contributed by atoms with van der Waals surface area (Å²) in [6.45, 7) is 2.25. The van der Waals surface area contributed by atoms with E-state index in [9.17, 15) is 0 Å². The zero-order chi connectivity index (χ0) is 14.1. The molecule has 2 unspecified atom stereocenters. The summed E-state index contributed by atoms with van der Waals surface area (Å²) >= 11 is 0. The fourth-order valence-corrected chi connectivity index (χ4v) is 3.53. The summed E-state index contributed by atoms with van der Waals surface area (Å²) in [5.74, 6) is 1.25. The SMILES string of the molecule is CCC1CCCCC1n1c(N)nc2ccc(C#N)cc21. The first-order valence-corrected chi connectivity index (χ1v) is 7.42. The van der Waals surface area contributed by atoms with Crippen LogP contribution in [-0.4, -0.2) is 9.55 Å². The molecular formula is C16H20N4. The van der Waals surface area contributed by atoms with Crippen LogP contribution in [0, 0.1) is 17.2 Å². The molecule has 1 fully saturated rings. The monoisotopic (exact) mass is 268 g/mol. The van der Waals surface area contributed by atoms with Crippen LogP contribution < -0.4 is 5.73 Å². The average Bonchev–Trinajstić information content (AvgIpc) is 2.81. The molecule has 0 amide bonds. The molecule has 0 saturated heterocycles. The molecule has 0 aliphatic heterocycles. The van der Waals surface area contributed by atoms with E-state index in [4.69, 9.17) is 11.0 Å². The number of nitriles is 1. The first kappa shape index (κ1) is 13.0. The van der Waals surface area contributed by atoms with Gasteiger partial charge in [0.2, 0.25) is 5.95 Å². The van der Waals surface area contributed by atoms with E-state index in [0.717, 1.165) is 17.5 Å². The molecule has 0 bridgehead atoms. The summed E-state index contributed by atoms with van der Waals surface area (Å²) in [4.78, 5) is 4.46. The van der Waals surface area contributed by atoms with Crippen molar-refractivity contribution in [2.75, 3.05) is 5.73 Å². The van der Waals surface area contributed by atoms with E-state index in [0.29, 0.717) is 23.5 Å². The van der Waals surface area contributed by atoms with Crippen LogP contribution >= 0.6 is 0 Å². The van der Waals surface area contributed by atoms with Gasteiger partial charge in [0.05, 0.1) is 22.7 Å². The fraction of sp³-hybridized carbons (Fsp3) is 0.500. The number of rotatable bonds is 2. The number of hydrogen-bond acceptors (Lipinski definition) is 3. The summed E-state index contributed by atoms with van der Waals surface area (Å²) in [5, 5.41) is 9.09. The van der Waals surface area contributed by atoms with Gasteiger partial charge in [0, 0.05) is 6.04 Å². The van der Waals surface area contributed by atoms with Crippen LogP contribution in [0.4, 0.5) is 5.95 Å². The fourth-order valence-electron chi connectivity index (χ4n) is 3.53. The smallest absolute Gasteiger partial charge is 0.201 e. The molecule has 1 aromatic heterocycles. The van der Waals surface area contributed by atoms with E-state index >= 15 is 0 Å². The molecule has 104 valence electrons. The van der Waals surface area contributed by atoms with Crippen LogP contribution in [0.1, 0.15) is 50.6 Å². The third kappa shape index (κ3) is 2.03. The number of fused-ring (bicyclic) bond motifs is 1. The van der Waals surface area contributed by atoms with Gasteiger partial charge in [-0.25, -0.2) is 4.98 Å². The third-order valence-corrected chi connectivity index (χ3v) is 4.57. The van der Waals surface area contributed by atoms with Gasteiger partial charge >= 0.3 is 0 Å². The van der Waals surface area contributed by atoms with Gasteiger partial charge in [0.1, 0.15) is 0 Å². The van der Waals surface area contributed by atoms with Crippen molar-refractivity contribution < 1.29 is 0 Å². The highest BCUT2D eigenvalue weighted by Crippen LogP contribution is 2.39. The highest BCUT2D eigenvalue weighted by molar-refractivity contribution is 5.80. The van der Waals surface area contributed by atoms with Gasteiger partial charge in [-0.1, -0.05) is 26.2 Å². The lowest BCUT2D eigenvalue weighted by molar-refractivity contribution is 0.239. The van der Waals surface area contributed by atoms with Crippen LogP contribution in [0.25, 0.3) is 11.0 Å². The van der Waals surface area contributed by atoms with Crippen molar-refractivity contribution >= 4 is 17.0 Å². The van der Waals surface area contributed by atoms with Crippen LogP contribution in [0.3, 0.4) is 0 Å².